The van der Waals surface area contributed by atoms with Crippen LogP contribution in [0, 0.1) is 0 Å². The van der Waals surface area contributed by atoms with Crippen LogP contribution in [0.2, 0.25) is 0 Å². The van der Waals surface area contributed by atoms with Crippen LogP contribution in [-0.2, 0) is 15.1 Å². The van der Waals surface area contributed by atoms with Crippen molar-refractivity contribution in [2.45, 2.75) is 32.4 Å². The van der Waals surface area contributed by atoms with Crippen LogP contribution in [0.25, 0.3) is 10.2 Å². The maximum absolute atomic E-state index is 12.2. The molecule has 0 aliphatic carbocycles. The Hall–Kier alpha value is -2.39. The fraction of sp³-hybridized carbons (Fsp3) is 0.500. The predicted molar refractivity (Wildman–Crippen MR) is 104 cm³/mol. The summed E-state index contributed by atoms with van der Waals surface area (Å²) in [5.74, 6) is -0.321. The number of anilines is 1. The van der Waals surface area contributed by atoms with E-state index >= 15 is 0 Å². The van der Waals surface area contributed by atoms with Crippen molar-refractivity contribution in [2.24, 2.45) is 4.99 Å². The zero-order chi connectivity index (χ0) is 19.8. The van der Waals surface area contributed by atoms with Gasteiger partial charge in [0.2, 0.25) is 0 Å². The SMILES string of the molecule is CNC(=O)[C@H]1CN(c2ccc3c(c2)s/c(=N\CCO)n3C(C)(C)C)C(=O)O1. The van der Waals surface area contributed by atoms with Crippen molar-refractivity contribution in [3.05, 3.63) is 23.0 Å². The molecule has 2 amide bonds. The Kier molecular flexibility index (Phi) is 5.25. The van der Waals surface area contributed by atoms with Gasteiger partial charge in [-0.25, -0.2) is 4.79 Å². The number of amides is 2. The van der Waals surface area contributed by atoms with Gasteiger partial charge in [-0.1, -0.05) is 11.3 Å². The van der Waals surface area contributed by atoms with E-state index in [1.165, 1.54) is 23.3 Å². The molecule has 1 aromatic heterocycles. The van der Waals surface area contributed by atoms with Crippen molar-refractivity contribution >= 4 is 39.2 Å². The number of cyclic esters (lactones) is 1. The highest BCUT2D eigenvalue weighted by atomic mass is 32.1. The number of fused-ring (bicyclic) bond motifs is 1. The van der Waals surface area contributed by atoms with Crippen molar-refractivity contribution in [1.29, 1.82) is 0 Å². The molecule has 0 radical (unpaired) electrons. The molecule has 0 bridgehead atoms. The van der Waals surface area contributed by atoms with Crippen LogP contribution in [0.15, 0.2) is 23.2 Å². The fourth-order valence-corrected chi connectivity index (χ4v) is 4.31. The van der Waals surface area contributed by atoms with Gasteiger partial charge < -0.3 is 19.7 Å². The molecule has 0 spiro atoms. The number of aromatic nitrogens is 1. The Labute approximate surface area is 161 Å². The van der Waals surface area contributed by atoms with E-state index in [2.05, 4.69) is 35.6 Å². The molecule has 1 atom stereocenters. The van der Waals surface area contributed by atoms with Crippen molar-refractivity contribution in [2.75, 3.05) is 31.6 Å². The van der Waals surface area contributed by atoms with Crippen LogP contribution in [0.3, 0.4) is 0 Å². The molecule has 146 valence electrons. The fourth-order valence-electron chi connectivity index (χ4n) is 3.05. The summed E-state index contributed by atoms with van der Waals surface area (Å²) in [5.41, 5.74) is 1.49. The van der Waals surface area contributed by atoms with Gasteiger partial charge in [-0.15, -0.1) is 0 Å². The third-order valence-electron chi connectivity index (χ3n) is 4.26. The number of rotatable bonds is 4. The lowest BCUT2D eigenvalue weighted by atomic mass is 10.1. The van der Waals surface area contributed by atoms with Crippen molar-refractivity contribution < 1.29 is 19.4 Å². The van der Waals surface area contributed by atoms with Crippen LogP contribution >= 0.6 is 11.3 Å². The molecule has 2 aromatic rings. The molecule has 1 aliphatic rings. The standard InChI is InChI=1S/C18H24N4O4S/c1-18(2,3)22-12-6-5-11(9-14(12)27-16(22)20-7-8-23)21-10-13(15(24)19-4)26-17(21)25/h5-6,9,13,23H,7-8,10H2,1-4H3,(H,19,24)/b20-16-/t13-/m1/s1. The molecule has 3 rings (SSSR count). The minimum Gasteiger partial charge on any atom is -0.434 e. The number of hydrogen-bond acceptors (Lipinski definition) is 6. The summed E-state index contributed by atoms with van der Waals surface area (Å²) < 4.78 is 8.25. The van der Waals surface area contributed by atoms with Gasteiger partial charge in [0, 0.05) is 18.3 Å². The molecule has 27 heavy (non-hydrogen) atoms. The first kappa shape index (κ1) is 19.4. The normalized spacial score (nSPS) is 18.3. The molecule has 1 saturated heterocycles. The molecular weight excluding hydrogens is 368 g/mol. The van der Waals surface area contributed by atoms with Gasteiger partial charge >= 0.3 is 6.09 Å². The van der Waals surface area contributed by atoms with Crippen LogP contribution in [-0.4, -0.2) is 54.5 Å². The lowest BCUT2D eigenvalue weighted by Crippen LogP contribution is -2.35. The van der Waals surface area contributed by atoms with Crippen molar-refractivity contribution in [3.63, 3.8) is 0 Å². The van der Waals surface area contributed by atoms with E-state index in [4.69, 9.17) is 9.84 Å². The number of benzene rings is 1. The third-order valence-corrected chi connectivity index (χ3v) is 5.30. The summed E-state index contributed by atoms with van der Waals surface area (Å²) in [6, 6.07) is 5.71. The number of carbonyl (C=O) groups excluding carboxylic acids is 2. The Balaban J connectivity index is 2.04. The lowest BCUT2D eigenvalue weighted by molar-refractivity contribution is -0.127. The van der Waals surface area contributed by atoms with Gasteiger partial charge in [-0.3, -0.25) is 14.7 Å². The van der Waals surface area contributed by atoms with Crippen LogP contribution < -0.4 is 15.0 Å². The molecule has 1 fully saturated rings. The quantitative estimate of drug-likeness (QED) is 0.823. The second-order valence-corrected chi connectivity index (χ2v) is 8.25. The zero-order valence-corrected chi connectivity index (χ0v) is 16.7. The van der Waals surface area contributed by atoms with Crippen LogP contribution in [0.4, 0.5) is 10.5 Å². The summed E-state index contributed by atoms with van der Waals surface area (Å²) in [7, 11) is 1.51. The average Bonchev–Trinajstić information content (AvgIpc) is 3.18. The van der Waals surface area contributed by atoms with E-state index in [1.807, 2.05) is 18.2 Å². The van der Waals surface area contributed by atoms with Gasteiger partial charge in [0.25, 0.3) is 5.91 Å². The van der Waals surface area contributed by atoms with Gasteiger partial charge in [0.15, 0.2) is 10.9 Å². The van der Waals surface area contributed by atoms with E-state index in [-0.39, 0.29) is 24.6 Å². The first-order valence-corrected chi connectivity index (χ1v) is 9.55. The second kappa shape index (κ2) is 7.32. The summed E-state index contributed by atoms with van der Waals surface area (Å²) in [6.45, 7) is 6.78. The average molecular weight is 392 g/mol. The van der Waals surface area contributed by atoms with Gasteiger partial charge in [0.05, 0.1) is 29.9 Å². The maximum Gasteiger partial charge on any atom is 0.415 e. The highest BCUT2D eigenvalue weighted by molar-refractivity contribution is 7.16. The number of carbonyl (C=O) groups is 2. The number of ether oxygens (including phenoxy) is 1. The number of aliphatic hydroxyl groups excluding tert-OH is 1. The minimum atomic E-state index is -0.809. The number of thiazole rings is 1. The van der Waals surface area contributed by atoms with Crippen LogP contribution in [0.5, 0.6) is 0 Å². The summed E-state index contributed by atoms with van der Waals surface area (Å²) in [6.07, 6.45) is -1.34. The highest BCUT2D eigenvalue weighted by Crippen LogP contribution is 2.30. The maximum atomic E-state index is 12.2. The first-order chi connectivity index (χ1) is 12.8. The van der Waals surface area contributed by atoms with E-state index in [0.29, 0.717) is 12.2 Å². The van der Waals surface area contributed by atoms with E-state index < -0.39 is 12.2 Å². The topological polar surface area (TPSA) is 96.2 Å². The molecular formula is C18H24N4O4S. The van der Waals surface area contributed by atoms with E-state index in [9.17, 15) is 9.59 Å². The number of nitrogens with zero attached hydrogens (tertiary/aromatic N) is 3. The number of nitrogens with one attached hydrogen (secondary N) is 1. The monoisotopic (exact) mass is 392 g/mol. The smallest absolute Gasteiger partial charge is 0.415 e. The first-order valence-electron chi connectivity index (χ1n) is 8.73. The third kappa shape index (κ3) is 3.70. The molecule has 2 N–H and O–H groups in total. The van der Waals surface area contributed by atoms with Gasteiger partial charge in [-0.05, 0) is 39.0 Å². The zero-order valence-electron chi connectivity index (χ0n) is 15.9. The van der Waals surface area contributed by atoms with E-state index in [0.717, 1.165) is 15.0 Å². The highest BCUT2D eigenvalue weighted by Gasteiger charge is 2.36. The Morgan fingerprint density at radius 2 is 2.19 bits per heavy atom. The minimum absolute atomic E-state index is 0.00978. The predicted octanol–water partition coefficient (Wildman–Crippen LogP) is 1.42. The van der Waals surface area contributed by atoms with Crippen LogP contribution in [0.1, 0.15) is 20.8 Å². The van der Waals surface area contributed by atoms with Gasteiger partial charge in [-0.2, -0.15) is 0 Å². The molecule has 2 heterocycles. The molecule has 0 saturated carbocycles. The molecule has 8 nitrogen and oxygen atoms in total. The second-order valence-electron chi connectivity index (χ2n) is 7.25. The molecule has 0 unspecified atom stereocenters. The lowest BCUT2D eigenvalue weighted by Gasteiger charge is -2.22. The Morgan fingerprint density at radius 1 is 1.44 bits per heavy atom. The van der Waals surface area contributed by atoms with Gasteiger partial charge in [0.1, 0.15) is 0 Å². The number of hydrogen-bond donors (Lipinski definition) is 2. The number of likely N-dealkylation sites (N-methyl/N-ethyl adjacent to an activating group) is 1. The van der Waals surface area contributed by atoms with Crippen molar-refractivity contribution in [3.8, 4) is 0 Å². The summed E-state index contributed by atoms with van der Waals surface area (Å²) in [5, 5.41) is 11.6. The Morgan fingerprint density at radius 3 is 2.81 bits per heavy atom. The molecule has 9 heteroatoms. The largest absolute Gasteiger partial charge is 0.434 e. The summed E-state index contributed by atoms with van der Waals surface area (Å²) in [4.78, 5) is 30.7. The van der Waals surface area contributed by atoms with Crippen molar-refractivity contribution in [1.82, 2.24) is 9.88 Å². The molecule has 1 aliphatic heterocycles. The summed E-state index contributed by atoms with van der Waals surface area (Å²) >= 11 is 1.50. The van der Waals surface area contributed by atoms with E-state index in [1.54, 1.807) is 0 Å². The Bertz CT molecular complexity index is 941. The molecule has 1 aromatic carbocycles. The number of aliphatic hydroxyl groups is 1.